The molecule has 2 aromatic rings. The maximum absolute atomic E-state index is 12.9. The number of carbonyl (C=O) groups excluding carboxylic acids is 2. The summed E-state index contributed by atoms with van der Waals surface area (Å²) in [7, 11) is -2.12. The van der Waals surface area contributed by atoms with Crippen molar-refractivity contribution in [1.82, 2.24) is 0 Å². The molecule has 7 nitrogen and oxygen atoms in total. The number of fused-ring (bicyclic) bond motifs is 2. The molecule has 2 aromatic carbocycles. The van der Waals surface area contributed by atoms with Crippen molar-refractivity contribution in [3.05, 3.63) is 47.5 Å². The van der Waals surface area contributed by atoms with Crippen molar-refractivity contribution in [1.29, 1.82) is 0 Å². The summed E-state index contributed by atoms with van der Waals surface area (Å²) in [6.07, 6.45) is 0.879. The van der Waals surface area contributed by atoms with E-state index in [-0.39, 0.29) is 16.7 Å². The summed E-state index contributed by atoms with van der Waals surface area (Å²) in [4.78, 5) is 25.6. The van der Waals surface area contributed by atoms with Crippen LogP contribution in [0.15, 0.2) is 41.3 Å². The van der Waals surface area contributed by atoms with Gasteiger partial charge in [0.15, 0.2) is 0 Å². The fourth-order valence-corrected chi connectivity index (χ4v) is 4.75. The molecular formula is C20H21N3O4S. The summed E-state index contributed by atoms with van der Waals surface area (Å²) in [5.74, 6) is -0.0963. The van der Waals surface area contributed by atoms with Gasteiger partial charge in [0.2, 0.25) is 11.8 Å². The smallest absolute Gasteiger partial charge is 0.261 e. The van der Waals surface area contributed by atoms with Crippen molar-refractivity contribution in [3.8, 4) is 0 Å². The molecule has 4 rings (SSSR count). The fraction of sp³-hybridized carbons (Fsp3) is 0.300. The van der Waals surface area contributed by atoms with E-state index in [2.05, 4.69) is 10.0 Å². The second-order valence-electron chi connectivity index (χ2n) is 7.69. The van der Waals surface area contributed by atoms with Gasteiger partial charge in [0, 0.05) is 30.5 Å². The van der Waals surface area contributed by atoms with Gasteiger partial charge in [-0.05, 0) is 67.8 Å². The Bertz CT molecular complexity index is 1120. The van der Waals surface area contributed by atoms with Gasteiger partial charge in [-0.3, -0.25) is 14.3 Å². The molecule has 0 bridgehead atoms. The number of anilines is 3. The lowest BCUT2D eigenvalue weighted by atomic mass is 9.86. The number of sulfonamides is 1. The molecule has 2 aliphatic heterocycles. The van der Waals surface area contributed by atoms with Crippen LogP contribution in [0.25, 0.3) is 0 Å². The molecule has 0 unspecified atom stereocenters. The Morgan fingerprint density at radius 2 is 1.82 bits per heavy atom. The summed E-state index contributed by atoms with van der Waals surface area (Å²) in [6, 6.07) is 9.79. The average Bonchev–Trinajstić information content (AvgIpc) is 2.87. The number of aryl methyl sites for hydroxylation is 1. The molecule has 0 saturated heterocycles. The van der Waals surface area contributed by atoms with Crippen molar-refractivity contribution in [2.75, 3.05) is 22.0 Å². The van der Waals surface area contributed by atoms with Crippen LogP contribution >= 0.6 is 0 Å². The molecule has 0 aromatic heterocycles. The Labute approximate surface area is 163 Å². The fourth-order valence-electron chi connectivity index (χ4n) is 3.65. The summed E-state index contributed by atoms with van der Waals surface area (Å²) in [5.41, 5.74) is 2.68. The van der Waals surface area contributed by atoms with Gasteiger partial charge in [-0.2, -0.15) is 0 Å². The van der Waals surface area contributed by atoms with Crippen molar-refractivity contribution in [3.63, 3.8) is 0 Å². The van der Waals surface area contributed by atoms with E-state index in [4.69, 9.17) is 0 Å². The maximum atomic E-state index is 12.9. The van der Waals surface area contributed by atoms with Crippen LogP contribution in [-0.4, -0.2) is 27.3 Å². The zero-order valence-electron chi connectivity index (χ0n) is 15.9. The van der Waals surface area contributed by atoms with Crippen LogP contribution < -0.4 is 14.9 Å². The minimum Gasteiger partial charge on any atom is -0.325 e. The highest BCUT2D eigenvalue weighted by atomic mass is 32.2. The Balaban J connectivity index is 1.65. The van der Waals surface area contributed by atoms with Crippen LogP contribution in [0.4, 0.5) is 17.1 Å². The van der Waals surface area contributed by atoms with E-state index in [1.54, 1.807) is 56.1 Å². The predicted molar refractivity (Wildman–Crippen MR) is 107 cm³/mol. The Morgan fingerprint density at radius 1 is 1.07 bits per heavy atom. The van der Waals surface area contributed by atoms with Crippen molar-refractivity contribution >= 4 is 38.9 Å². The molecule has 2 amide bonds. The summed E-state index contributed by atoms with van der Waals surface area (Å²) in [5, 5.41) is 2.80. The highest BCUT2D eigenvalue weighted by molar-refractivity contribution is 7.92. The molecule has 0 saturated carbocycles. The highest BCUT2D eigenvalue weighted by Gasteiger charge is 2.38. The van der Waals surface area contributed by atoms with Crippen LogP contribution in [0.2, 0.25) is 0 Å². The summed E-state index contributed by atoms with van der Waals surface area (Å²) >= 11 is 0. The third-order valence-corrected chi connectivity index (χ3v) is 6.84. The highest BCUT2D eigenvalue weighted by Crippen LogP contribution is 2.39. The number of hydrogen-bond acceptors (Lipinski definition) is 4. The van der Waals surface area contributed by atoms with Crippen LogP contribution in [0.3, 0.4) is 0 Å². The van der Waals surface area contributed by atoms with Crippen LogP contribution in [0.5, 0.6) is 0 Å². The topological polar surface area (TPSA) is 95.6 Å². The second kappa shape index (κ2) is 6.07. The lowest BCUT2D eigenvalue weighted by Crippen LogP contribution is -2.31. The lowest BCUT2D eigenvalue weighted by Gasteiger charge is -2.26. The van der Waals surface area contributed by atoms with Gasteiger partial charge in [0.05, 0.1) is 10.3 Å². The van der Waals surface area contributed by atoms with Crippen LogP contribution in [0, 0.1) is 0 Å². The van der Waals surface area contributed by atoms with E-state index < -0.39 is 15.4 Å². The first kappa shape index (κ1) is 18.5. The van der Waals surface area contributed by atoms with Crippen LogP contribution in [0.1, 0.15) is 31.4 Å². The minimum absolute atomic E-state index is 0.0187. The van der Waals surface area contributed by atoms with Crippen molar-refractivity contribution in [2.45, 2.75) is 37.0 Å². The largest absolute Gasteiger partial charge is 0.325 e. The molecule has 28 heavy (non-hydrogen) atoms. The van der Waals surface area contributed by atoms with E-state index in [0.717, 1.165) is 16.8 Å². The first-order chi connectivity index (χ1) is 13.1. The molecule has 2 heterocycles. The van der Waals surface area contributed by atoms with Gasteiger partial charge >= 0.3 is 0 Å². The normalized spacial score (nSPS) is 17.8. The van der Waals surface area contributed by atoms with Gasteiger partial charge in [-0.1, -0.05) is 0 Å². The number of benzene rings is 2. The molecule has 0 spiro atoms. The zero-order valence-corrected chi connectivity index (χ0v) is 16.7. The predicted octanol–water partition coefficient (Wildman–Crippen LogP) is 2.63. The first-order valence-electron chi connectivity index (χ1n) is 8.98. The monoisotopic (exact) mass is 399 g/mol. The summed E-state index contributed by atoms with van der Waals surface area (Å²) < 4.78 is 28.4. The molecule has 0 atom stereocenters. The molecule has 0 radical (unpaired) electrons. The molecule has 2 aliphatic rings. The number of hydrogen-bond donors (Lipinski definition) is 2. The van der Waals surface area contributed by atoms with Gasteiger partial charge in [0.25, 0.3) is 10.0 Å². The number of carbonyl (C=O) groups is 2. The van der Waals surface area contributed by atoms with E-state index in [1.165, 1.54) is 6.07 Å². The van der Waals surface area contributed by atoms with Gasteiger partial charge in [-0.15, -0.1) is 0 Å². The Kier molecular flexibility index (Phi) is 4.01. The number of nitrogens with one attached hydrogen (secondary N) is 2. The van der Waals surface area contributed by atoms with Crippen molar-refractivity contribution < 1.29 is 18.0 Å². The SMILES string of the molecule is CN1C(=O)CCc2cc(S(=O)(=O)Nc3ccc4c(c3)C(C)(C)C(=O)N4)ccc21. The number of amides is 2. The molecule has 2 N–H and O–H groups in total. The first-order valence-corrected chi connectivity index (χ1v) is 10.5. The molecule has 146 valence electrons. The van der Waals surface area contributed by atoms with Gasteiger partial charge in [-0.25, -0.2) is 8.42 Å². The molecule has 8 heteroatoms. The van der Waals surface area contributed by atoms with Crippen LogP contribution in [-0.2, 0) is 31.4 Å². The zero-order chi connectivity index (χ0) is 20.3. The summed E-state index contributed by atoms with van der Waals surface area (Å²) in [6.45, 7) is 3.60. The quantitative estimate of drug-likeness (QED) is 0.829. The molecule has 0 fully saturated rings. The number of nitrogens with zero attached hydrogens (tertiary/aromatic N) is 1. The van der Waals surface area contributed by atoms with E-state index in [1.807, 2.05) is 0 Å². The lowest BCUT2D eigenvalue weighted by molar-refractivity contribution is -0.120. The minimum atomic E-state index is -3.80. The molecule has 0 aliphatic carbocycles. The van der Waals surface area contributed by atoms with E-state index in [0.29, 0.717) is 24.2 Å². The third kappa shape index (κ3) is 2.84. The maximum Gasteiger partial charge on any atom is 0.261 e. The van der Waals surface area contributed by atoms with E-state index in [9.17, 15) is 18.0 Å². The van der Waals surface area contributed by atoms with Gasteiger partial charge in [0.1, 0.15) is 0 Å². The standard InChI is InChI=1S/C20H21N3O4S/c1-20(2)15-11-13(5-7-16(15)21-19(20)25)22-28(26,27)14-6-8-17-12(10-14)4-9-18(24)23(17)3/h5-8,10-11,22H,4,9H2,1-3H3,(H,21,25). The average molecular weight is 399 g/mol. The van der Waals surface area contributed by atoms with Gasteiger partial charge < -0.3 is 10.2 Å². The molecular weight excluding hydrogens is 378 g/mol. The van der Waals surface area contributed by atoms with Crippen molar-refractivity contribution in [2.24, 2.45) is 0 Å². The Morgan fingerprint density at radius 3 is 2.57 bits per heavy atom. The van der Waals surface area contributed by atoms with E-state index >= 15 is 0 Å². The second-order valence-corrected chi connectivity index (χ2v) is 9.37. The Hall–Kier alpha value is -2.87. The number of rotatable bonds is 3. The third-order valence-electron chi connectivity index (χ3n) is 5.47.